The zero-order valence-electron chi connectivity index (χ0n) is 8.59. The van der Waals surface area contributed by atoms with Crippen LogP contribution in [0.2, 0.25) is 0 Å². The first kappa shape index (κ1) is 9.26. The number of benzene rings is 2. The standard InChI is InChI=1S/C14H15/c1-2-3-6-12-9-10-13-7-4-5-8-14(13)11-12/h4-5,7-8,10-11H,2-3,6H2,1H3. The molecule has 0 fully saturated rings. The van der Waals surface area contributed by atoms with Gasteiger partial charge in [0.25, 0.3) is 0 Å². The highest BCUT2D eigenvalue weighted by molar-refractivity contribution is 5.82. The average Bonchev–Trinajstić information content (AvgIpc) is 2.26. The zero-order chi connectivity index (χ0) is 9.80. The Morgan fingerprint density at radius 1 is 1.14 bits per heavy atom. The van der Waals surface area contributed by atoms with Crippen LogP contribution >= 0.6 is 0 Å². The SMILES string of the molecule is CCCCc1[c]cc2ccccc2c1. The molecule has 0 heteroatoms. The largest absolute Gasteiger partial charge is 0.0654 e. The first-order chi connectivity index (χ1) is 6.90. The molecule has 14 heavy (non-hydrogen) atoms. The summed E-state index contributed by atoms with van der Waals surface area (Å²) in [6.07, 6.45) is 3.66. The van der Waals surface area contributed by atoms with Crippen molar-refractivity contribution in [2.24, 2.45) is 0 Å². The molecule has 0 nitrogen and oxygen atoms in total. The summed E-state index contributed by atoms with van der Waals surface area (Å²) in [5.41, 5.74) is 1.34. The molecule has 0 aromatic heterocycles. The summed E-state index contributed by atoms with van der Waals surface area (Å²) in [5.74, 6) is 0. The molecule has 0 saturated carbocycles. The maximum atomic E-state index is 3.35. The third kappa shape index (κ3) is 1.95. The molecule has 0 aliphatic carbocycles. The van der Waals surface area contributed by atoms with Gasteiger partial charge in [-0.3, -0.25) is 0 Å². The highest BCUT2D eigenvalue weighted by Crippen LogP contribution is 2.16. The van der Waals surface area contributed by atoms with Gasteiger partial charge in [0.1, 0.15) is 0 Å². The molecule has 2 rings (SSSR count). The maximum Gasteiger partial charge on any atom is -0.0143 e. The normalized spacial score (nSPS) is 10.6. The van der Waals surface area contributed by atoms with Crippen LogP contribution in [0.1, 0.15) is 25.3 Å². The van der Waals surface area contributed by atoms with Crippen molar-refractivity contribution in [2.75, 3.05) is 0 Å². The van der Waals surface area contributed by atoms with Crippen LogP contribution in [0.4, 0.5) is 0 Å². The monoisotopic (exact) mass is 183 g/mol. The number of rotatable bonds is 3. The van der Waals surface area contributed by atoms with Gasteiger partial charge in [-0.05, 0) is 41.3 Å². The fraction of sp³-hybridized carbons (Fsp3) is 0.286. The third-order valence-corrected chi connectivity index (χ3v) is 2.54. The summed E-state index contributed by atoms with van der Waals surface area (Å²) in [6, 6.07) is 16.2. The average molecular weight is 183 g/mol. The maximum absolute atomic E-state index is 3.35. The second kappa shape index (κ2) is 4.28. The number of aryl methyl sites for hydroxylation is 1. The van der Waals surface area contributed by atoms with Crippen molar-refractivity contribution in [1.82, 2.24) is 0 Å². The molecule has 0 spiro atoms. The number of fused-ring (bicyclic) bond motifs is 1. The first-order valence-corrected chi connectivity index (χ1v) is 5.29. The summed E-state index contributed by atoms with van der Waals surface area (Å²) in [5, 5.41) is 2.62. The lowest BCUT2D eigenvalue weighted by Gasteiger charge is -2.01. The van der Waals surface area contributed by atoms with E-state index in [1.165, 1.54) is 29.2 Å². The number of unbranched alkanes of at least 4 members (excludes halogenated alkanes) is 1. The van der Waals surface area contributed by atoms with Crippen LogP contribution in [0, 0.1) is 6.07 Å². The van der Waals surface area contributed by atoms with Crippen LogP contribution in [0.15, 0.2) is 36.4 Å². The molecular weight excluding hydrogens is 168 g/mol. The smallest absolute Gasteiger partial charge is 0.0143 e. The molecule has 1 radical (unpaired) electrons. The molecule has 0 heterocycles. The van der Waals surface area contributed by atoms with Gasteiger partial charge < -0.3 is 0 Å². The van der Waals surface area contributed by atoms with Crippen LogP contribution in [-0.4, -0.2) is 0 Å². The number of hydrogen-bond donors (Lipinski definition) is 0. The molecule has 0 N–H and O–H groups in total. The molecule has 0 atom stereocenters. The van der Waals surface area contributed by atoms with Gasteiger partial charge in [-0.25, -0.2) is 0 Å². The van der Waals surface area contributed by atoms with Crippen LogP contribution in [0.5, 0.6) is 0 Å². The molecule has 0 bridgehead atoms. The van der Waals surface area contributed by atoms with E-state index in [4.69, 9.17) is 0 Å². The van der Waals surface area contributed by atoms with Crippen molar-refractivity contribution >= 4 is 10.8 Å². The van der Waals surface area contributed by atoms with Gasteiger partial charge in [-0.15, -0.1) is 0 Å². The Labute approximate surface area is 85.6 Å². The Hall–Kier alpha value is -1.30. The Morgan fingerprint density at radius 3 is 2.71 bits per heavy atom. The van der Waals surface area contributed by atoms with E-state index in [0.717, 1.165) is 6.42 Å². The van der Waals surface area contributed by atoms with Gasteiger partial charge in [0.05, 0.1) is 0 Å². The predicted octanol–water partition coefficient (Wildman–Crippen LogP) is 3.98. The molecule has 0 aliphatic heterocycles. The quantitative estimate of drug-likeness (QED) is 0.675. The van der Waals surface area contributed by atoms with E-state index < -0.39 is 0 Å². The minimum absolute atomic E-state index is 1.15. The summed E-state index contributed by atoms with van der Waals surface area (Å²) in [6.45, 7) is 2.22. The molecule has 0 amide bonds. The molecule has 0 aliphatic rings. The van der Waals surface area contributed by atoms with Crippen LogP contribution in [0.25, 0.3) is 10.8 Å². The van der Waals surface area contributed by atoms with Gasteiger partial charge in [0, 0.05) is 0 Å². The molecule has 71 valence electrons. The highest BCUT2D eigenvalue weighted by atomic mass is 14.0. The van der Waals surface area contributed by atoms with Gasteiger partial charge in [0.2, 0.25) is 0 Å². The highest BCUT2D eigenvalue weighted by Gasteiger charge is 1.95. The summed E-state index contributed by atoms with van der Waals surface area (Å²) in [4.78, 5) is 0. The Balaban J connectivity index is 2.32. The van der Waals surface area contributed by atoms with E-state index in [2.05, 4.69) is 49.4 Å². The summed E-state index contributed by atoms with van der Waals surface area (Å²) < 4.78 is 0. The van der Waals surface area contributed by atoms with Crippen molar-refractivity contribution in [3.8, 4) is 0 Å². The van der Waals surface area contributed by atoms with Gasteiger partial charge in [-0.2, -0.15) is 0 Å². The van der Waals surface area contributed by atoms with E-state index >= 15 is 0 Å². The van der Waals surface area contributed by atoms with Crippen molar-refractivity contribution in [3.05, 3.63) is 48.0 Å². The summed E-state index contributed by atoms with van der Waals surface area (Å²) >= 11 is 0. The minimum atomic E-state index is 1.15. The minimum Gasteiger partial charge on any atom is -0.0654 e. The van der Waals surface area contributed by atoms with Crippen LogP contribution in [0.3, 0.4) is 0 Å². The third-order valence-electron chi connectivity index (χ3n) is 2.54. The lowest BCUT2D eigenvalue weighted by molar-refractivity contribution is 0.795. The van der Waals surface area contributed by atoms with Crippen molar-refractivity contribution in [1.29, 1.82) is 0 Å². The topological polar surface area (TPSA) is 0 Å². The Bertz CT molecular complexity index is 415. The van der Waals surface area contributed by atoms with Crippen molar-refractivity contribution < 1.29 is 0 Å². The number of hydrogen-bond acceptors (Lipinski definition) is 0. The molecule has 2 aromatic carbocycles. The fourth-order valence-corrected chi connectivity index (χ4v) is 1.69. The second-order valence-corrected chi connectivity index (χ2v) is 3.69. The predicted molar refractivity (Wildman–Crippen MR) is 61.4 cm³/mol. The molecule has 2 aromatic rings. The van der Waals surface area contributed by atoms with Gasteiger partial charge in [-0.1, -0.05) is 43.7 Å². The van der Waals surface area contributed by atoms with Crippen LogP contribution < -0.4 is 0 Å². The Kier molecular flexibility index (Phi) is 2.83. The lowest BCUT2D eigenvalue weighted by atomic mass is 10.0. The summed E-state index contributed by atoms with van der Waals surface area (Å²) in [7, 11) is 0. The van der Waals surface area contributed by atoms with E-state index in [1.807, 2.05) is 0 Å². The zero-order valence-corrected chi connectivity index (χ0v) is 8.59. The van der Waals surface area contributed by atoms with Gasteiger partial charge in [0.15, 0.2) is 0 Å². The van der Waals surface area contributed by atoms with Crippen molar-refractivity contribution in [2.45, 2.75) is 26.2 Å². The van der Waals surface area contributed by atoms with Crippen LogP contribution in [-0.2, 0) is 6.42 Å². The second-order valence-electron chi connectivity index (χ2n) is 3.69. The molecule has 0 unspecified atom stereocenters. The van der Waals surface area contributed by atoms with E-state index in [9.17, 15) is 0 Å². The van der Waals surface area contributed by atoms with E-state index in [-0.39, 0.29) is 0 Å². The van der Waals surface area contributed by atoms with E-state index in [0.29, 0.717) is 0 Å². The lowest BCUT2D eigenvalue weighted by Crippen LogP contribution is -1.84. The van der Waals surface area contributed by atoms with Gasteiger partial charge >= 0.3 is 0 Å². The molecular formula is C14H15. The van der Waals surface area contributed by atoms with E-state index in [1.54, 1.807) is 0 Å². The first-order valence-electron chi connectivity index (χ1n) is 5.29. The molecule has 0 saturated heterocycles. The fourth-order valence-electron chi connectivity index (χ4n) is 1.69. The Morgan fingerprint density at radius 2 is 1.93 bits per heavy atom. The van der Waals surface area contributed by atoms with Crippen molar-refractivity contribution in [3.63, 3.8) is 0 Å².